The van der Waals surface area contributed by atoms with E-state index in [4.69, 9.17) is 15.3 Å². The number of hydrogen-bond donors (Lipinski definition) is 5. The number of ether oxygens (including phenoxy) is 2. The zero-order valence-electron chi connectivity index (χ0n) is 30.3. The fourth-order valence-corrected chi connectivity index (χ4v) is 4.97. The second kappa shape index (κ2) is 24.3. The maximum absolute atomic E-state index is 13.8. The molecule has 284 valence electrons. The second-order valence-corrected chi connectivity index (χ2v) is 13.4. The average Bonchev–Trinajstić information content (AvgIpc) is 3.48. The Hall–Kier alpha value is -3.91. The standard InChI is InChI=1S/C28H48N6O7.C3H8.C2H4O2.CH4/c1-7-18(15-30-27(40)41-16(2)3)31-26(39)33-22(28(4,5)6)25(38)34-13-9-12-20(34)24(37)32-19(21(35)23(29)36)14-17-10-8-11-17;1-3-2;1-4-2-3;/h16-20,22H,7-15H2,1-6H3,(H2,29,36)(H,30,40)(H,32,37)(H2,31,33,39);3H2,1-2H3;2H,1H3;1H4. The molecule has 1 saturated carbocycles. The number of urea groups is 1. The number of alkyl carbamates (subject to hydrolysis) is 1. The Morgan fingerprint density at radius 2 is 1.53 bits per heavy atom. The highest BCUT2D eigenvalue weighted by Gasteiger charge is 2.43. The summed E-state index contributed by atoms with van der Waals surface area (Å²) in [6.45, 7) is 15.8. The van der Waals surface area contributed by atoms with Crippen LogP contribution < -0.4 is 27.0 Å². The van der Waals surface area contributed by atoms with Crippen molar-refractivity contribution >= 4 is 42.1 Å². The molecule has 1 heterocycles. The van der Waals surface area contributed by atoms with Gasteiger partial charge in [0.2, 0.25) is 17.6 Å². The van der Waals surface area contributed by atoms with Gasteiger partial charge < -0.3 is 41.4 Å². The first-order chi connectivity index (χ1) is 22.5. The number of nitrogens with zero attached hydrogens (tertiary/aromatic N) is 1. The molecule has 49 heavy (non-hydrogen) atoms. The molecule has 15 nitrogen and oxygen atoms in total. The number of nitrogens with one attached hydrogen (secondary N) is 4. The molecule has 0 aromatic heterocycles. The number of amides is 6. The van der Waals surface area contributed by atoms with Crippen LogP contribution >= 0.6 is 0 Å². The SMILES string of the molecule is C.CCC.CCC(CNC(=O)OC(C)C)NC(=O)NC(C(=O)N1CCCC1C(=O)NC(CC1CCC1)C(=O)C(N)=O)C(C)(C)C.COC=O. The molecule has 0 radical (unpaired) electrons. The summed E-state index contributed by atoms with van der Waals surface area (Å²) in [4.78, 5) is 86.3. The Balaban J connectivity index is 0. The van der Waals surface area contributed by atoms with Gasteiger partial charge in [0.25, 0.3) is 12.4 Å². The normalized spacial score (nSPS) is 17.0. The van der Waals surface area contributed by atoms with Gasteiger partial charge in [-0.15, -0.1) is 0 Å². The number of rotatable bonds is 14. The third kappa shape index (κ3) is 17.9. The lowest BCUT2D eigenvalue weighted by molar-refractivity contribution is -0.143. The van der Waals surface area contributed by atoms with Crippen molar-refractivity contribution in [3.8, 4) is 0 Å². The number of ketones is 1. The van der Waals surface area contributed by atoms with Gasteiger partial charge in [0.1, 0.15) is 12.1 Å². The zero-order chi connectivity index (χ0) is 37.0. The van der Waals surface area contributed by atoms with E-state index in [1.807, 2.05) is 27.7 Å². The van der Waals surface area contributed by atoms with E-state index < -0.39 is 65.2 Å². The predicted octanol–water partition coefficient (Wildman–Crippen LogP) is 3.18. The highest BCUT2D eigenvalue weighted by Crippen LogP contribution is 2.31. The Bertz CT molecular complexity index is 1060. The lowest BCUT2D eigenvalue weighted by Crippen LogP contribution is -2.61. The number of hydrogen-bond acceptors (Lipinski definition) is 9. The lowest BCUT2D eigenvalue weighted by atomic mass is 9.80. The summed E-state index contributed by atoms with van der Waals surface area (Å²) < 4.78 is 8.91. The van der Waals surface area contributed by atoms with Crippen molar-refractivity contribution < 1.29 is 43.0 Å². The van der Waals surface area contributed by atoms with Gasteiger partial charge >= 0.3 is 12.1 Å². The highest BCUT2D eigenvalue weighted by molar-refractivity contribution is 6.37. The van der Waals surface area contributed by atoms with Crippen LogP contribution in [0.15, 0.2) is 0 Å². The molecule has 0 aromatic rings. The summed E-state index contributed by atoms with van der Waals surface area (Å²) in [5.41, 5.74) is 4.53. The van der Waals surface area contributed by atoms with E-state index in [-0.39, 0.29) is 26.0 Å². The number of primary amides is 1. The van der Waals surface area contributed by atoms with Crippen LogP contribution in [0.3, 0.4) is 0 Å². The van der Waals surface area contributed by atoms with Gasteiger partial charge in [-0.2, -0.15) is 0 Å². The van der Waals surface area contributed by atoms with Gasteiger partial charge in [0.15, 0.2) is 0 Å². The smallest absolute Gasteiger partial charge is 0.407 e. The van der Waals surface area contributed by atoms with Crippen LogP contribution in [0.1, 0.15) is 114 Å². The number of likely N-dealkylation sites (tertiary alicyclic amines) is 1. The predicted molar refractivity (Wildman–Crippen MR) is 187 cm³/mol. The average molecular weight is 701 g/mol. The van der Waals surface area contributed by atoms with Gasteiger partial charge in [-0.05, 0) is 50.9 Å². The maximum Gasteiger partial charge on any atom is 0.407 e. The molecule has 0 bridgehead atoms. The summed E-state index contributed by atoms with van der Waals surface area (Å²) >= 11 is 0. The third-order valence-corrected chi connectivity index (χ3v) is 7.66. The monoisotopic (exact) mass is 700 g/mol. The van der Waals surface area contributed by atoms with E-state index in [0.29, 0.717) is 38.7 Å². The van der Waals surface area contributed by atoms with Crippen molar-refractivity contribution in [2.24, 2.45) is 17.1 Å². The first-order valence-corrected chi connectivity index (χ1v) is 16.9. The van der Waals surface area contributed by atoms with Crippen molar-refractivity contribution in [2.75, 3.05) is 20.2 Å². The van der Waals surface area contributed by atoms with E-state index >= 15 is 0 Å². The van der Waals surface area contributed by atoms with Crippen LogP contribution in [0.25, 0.3) is 0 Å². The van der Waals surface area contributed by atoms with Crippen molar-refractivity contribution in [3.63, 3.8) is 0 Å². The molecule has 6 amide bonds. The van der Waals surface area contributed by atoms with Gasteiger partial charge in [-0.3, -0.25) is 24.0 Å². The quantitative estimate of drug-likeness (QED) is 0.133. The van der Waals surface area contributed by atoms with E-state index in [2.05, 4.69) is 39.9 Å². The molecule has 0 spiro atoms. The summed E-state index contributed by atoms with van der Waals surface area (Å²) in [5, 5.41) is 10.8. The molecule has 15 heteroatoms. The number of Topliss-reactive ketones (excluding diaryl/α,β-unsaturated/α-hetero) is 1. The van der Waals surface area contributed by atoms with E-state index in [1.54, 1.807) is 13.8 Å². The summed E-state index contributed by atoms with van der Waals surface area (Å²) in [5.74, 6) is -2.65. The topological polar surface area (TPSA) is 215 Å². The third-order valence-electron chi connectivity index (χ3n) is 7.66. The minimum Gasteiger partial charge on any atom is -0.471 e. The van der Waals surface area contributed by atoms with Gasteiger partial charge in [-0.1, -0.05) is 74.7 Å². The maximum atomic E-state index is 13.8. The van der Waals surface area contributed by atoms with Crippen molar-refractivity contribution in [1.82, 2.24) is 26.2 Å². The summed E-state index contributed by atoms with van der Waals surface area (Å²) in [7, 11) is 1.31. The van der Waals surface area contributed by atoms with E-state index in [1.165, 1.54) is 18.4 Å². The van der Waals surface area contributed by atoms with E-state index in [9.17, 15) is 28.8 Å². The summed E-state index contributed by atoms with van der Waals surface area (Å²) in [6.07, 6.45) is 5.07. The fraction of sp³-hybridized carbons (Fsp3) is 0.794. The van der Waals surface area contributed by atoms with Gasteiger partial charge in [0, 0.05) is 19.1 Å². The Morgan fingerprint density at radius 1 is 0.959 bits per heavy atom. The lowest BCUT2D eigenvalue weighted by Gasteiger charge is -2.36. The highest BCUT2D eigenvalue weighted by atomic mass is 16.6. The number of carbonyl (C=O) groups excluding carboxylic acids is 7. The van der Waals surface area contributed by atoms with Gasteiger partial charge in [-0.25, -0.2) is 9.59 Å². The van der Waals surface area contributed by atoms with Crippen LogP contribution in [-0.4, -0.2) is 97.5 Å². The summed E-state index contributed by atoms with van der Waals surface area (Å²) in [6, 6.07) is -3.84. The fourth-order valence-electron chi connectivity index (χ4n) is 4.97. The minimum atomic E-state index is -1.10. The van der Waals surface area contributed by atoms with Crippen molar-refractivity contribution in [3.05, 3.63) is 0 Å². The molecular formula is C34H64N6O9. The molecule has 4 unspecified atom stereocenters. The first kappa shape index (κ1) is 47.2. The zero-order valence-corrected chi connectivity index (χ0v) is 30.3. The molecule has 6 N–H and O–H groups in total. The molecule has 2 fully saturated rings. The molecule has 2 aliphatic rings. The van der Waals surface area contributed by atoms with Gasteiger partial charge in [0.05, 0.1) is 19.3 Å². The number of methoxy groups -OCH3 is 1. The molecule has 1 aliphatic carbocycles. The second-order valence-electron chi connectivity index (χ2n) is 13.4. The van der Waals surface area contributed by atoms with Crippen LogP contribution in [0.5, 0.6) is 0 Å². The molecule has 1 saturated heterocycles. The van der Waals surface area contributed by atoms with Crippen LogP contribution in [0.4, 0.5) is 9.59 Å². The Labute approximate surface area is 292 Å². The molecule has 4 atom stereocenters. The van der Waals surface area contributed by atoms with Crippen LogP contribution in [0, 0.1) is 11.3 Å². The van der Waals surface area contributed by atoms with Crippen molar-refractivity contribution in [2.45, 2.75) is 144 Å². The number of nitrogens with two attached hydrogens (primary N) is 1. The molecule has 2 rings (SSSR count). The first-order valence-electron chi connectivity index (χ1n) is 16.9. The molecular weight excluding hydrogens is 636 g/mol. The Morgan fingerprint density at radius 3 is 1.96 bits per heavy atom. The largest absolute Gasteiger partial charge is 0.471 e. The number of carbonyl (C=O) groups is 7. The molecule has 0 aromatic carbocycles. The molecule has 1 aliphatic heterocycles. The van der Waals surface area contributed by atoms with Crippen molar-refractivity contribution in [1.29, 1.82) is 0 Å². The van der Waals surface area contributed by atoms with Crippen LogP contribution in [-0.2, 0) is 33.4 Å². The minimum absolute atomic E-state index is 0. The van der Waals surface area contributed by atoms with E-state index in [0.717, 1.165) is 19.3 Å². The van der Waals surface area contributed by atoms with Crippen LogP contribution in [0.2, 0.25) is 0 Å². The Kier molecular flexibility index (Phi) is 23.4.